The van der Waals surface area contributed by atoms with E-state index in [4.69, 9.17) is 38.0 Å². The minimum atomic E-state index is -0.773. The summed E-state index contributed by atoms with van der Waals surface area (Å²) in [7, 11) is 0. The molecule has 2 saturated heterocycles. The Hall–Kier alpha value is -2.33. The van der Waals surface area contributed by atoms with Crippen molar-refractivity contribution in [1.29, 1.82) is 0 Å². The van der Waals surface area contributed by atoms with Gasteiger partial charge in [0.05, 0.1) is 12.2 Å². The fourth-order valence-electron chi connectivity index (χ4n) is 4.18. The van der Waals surface area contributed by atoms with Gasteiger partial charge in [-0.1, -0.05) is 27.7 Å². The zero-order valence-corrected chi connectivity index (χ0v) is 21.0. The standard InChI is InChI=1S/C22H36O9.CO2/c1-10-11(2)21(29-17(8)25)30-18(9-26-15(6)23)20(10)31-22-13(4)19(28-16(7)24)12(3)14(5)27-22;2-1-3/h10-14,18-22H,9H2,1-8H3;/t10-,11?,12-,13?,14?,18?,19-,20+,21+,22+;/m1./s1. The Morgan fingerprint density at radius 2 is 1.26 bits per heavy atom. The Balaban J connectivity index is 0.00000182. The molecule has 0 aromatic carbocycles. The maximum Gasteiger partial charge on any atom is 0.373 e. The summed E-state index contributed by atoms with van der Waals surface area (Å²) in [6.45, 7) is 13.7. The molecule has 0 aromatic rings. The lowest BCUT2D eigenvalue weighted by Gasteiger charge is -2.48. The van der Waals surface area contributed by atoms with Crippen molar-refractivity contribution in [3.05, 3.63) is 0 Å². The third-order valence-electron chi connectivity index (χ3n) is 6.33. The van der Waals surface area contributed by atoms with Gasteiger partial charge >= 0.3 is 24.1 Å². The zero-order valence-electron chi connectivity index (χ0n) is 21.0. The van der Waals surface area contributed by atoms with Crippen LogP contribution in [-0.4, -0.2) is 67.7 Å². The molecule has 2 rings (SSSR count). The first-order chi connectivity index (χ1) is 15.8. The normalized spacial score (nSPS) is 37.3. The smallest absolute Gasteiger partial charge is 0.373 e. The van der Waals surface area contributed by atoms with Gasteiger partial charge in [0.1, 0.15) is 18.8 Å². The number of carbonyl (C=O) groups excluding carboxylic acids is 5. The van der Waals surface area contributed by atoms with Gasteiger partial charge in [0, 0.05) is 38.5 Å². The van der Waals surface area contributed by atoms with Crippen LogP contribution in [0.3, 0.4) is 0 Å². The SMILES string of the molecule is CC(=O)OCC1O[C@H](OC(C)=O)C(C)[C@@H](C)[C@@H]1O[C@@H]1OC(C)[C@@H](C)[C@@H](OC(C)=O)C1C.O=C=O. The van der Waals surface area contributed by atoms with Crippen LogP contribution in [0.5, 0.6) is 0 Å². The third-order valence-corrected chi connectivity index (χ3v) is 6.33. The molecule has 194 valence electrons. The number of hydrogen-bond acceptors (Lipinski definition) is 11. The van der Waals surface area contributed by atoms with Crippen molar-refractivity contribution in [2.45, 2.75) is 92.4 Å². The summed E-state index contributed by atoms with van der Waals surface area (Å²) < 4.78 is 34.5. The van der Waals surface area contributed by atoms with Gasteiger partial charge in [-0.25, -0.2) is 0 Å². The van der Waals surface area contributed by atoms with Crippen LogP contribution in [0.2, 0.25) is 0 Å². The van der Waals surface area contributed by atoms with Gasteiger partial charge in [0.15, 0.2) is 6.29 Å². The fourth-order valence-corrected chi connectivity index (χ4v) is 4.18. The van der Waals surface area contributed by atoms with Crippen LogP contribution in [-0.2, 0) is 52.4 Å². The number of carbonyl (C=O) groups is 3. The lowest BCUT2D eigenvalue weighted by atomic mass is 9.83. The molecule has 11 nitrogen and oxygen atoms in total. The number of rotatable bonds is 6. The topological polar surface area (TPSA) is 141 Å². The van der Waals surface area contributed by atoms with Crippen molar-refractivity contribution in [3.63, 3.8) is 0 Å². The average Bonchev–Trinajstić information content (AvgIpc) is 2.73. The van der Waals surface area contributed by atoms with Crippen LogP contribution in [0, 0.1) is 23.7 Å². The first-order valence-electron chi connectivity index (χ1n) is 11.3. The Labute approximate surface area is 199 Å². The Morgan fingerprint density at radius 1 is 0.706 bits per heavy atom. The monoisotopic (exact) mass is 488 g/mol. The van der Waals surface area contributed by atoms with E-state index in [0.29, 0.717) is 0 Å². The molecule has 4 unspecified atom stereocenters. The number of esters is 3. The first-order valence-corrected chi connectivity index (χ1v) is 11.3. The highest BCUT2D eigenvalue weighted by atomic mass is 16.7. The van der Waals surface area contributed by atoms with Crippen LogP contribution in [0.1, 0.15) is 55.4 Å². The van der Waals surface area contributed by atoms with Crippen LogP contribution in [0.4, 0.5) is 0 Å². The maximum atomic E-state index is 11.6. The lowest BCUT2D eigenvalue weighted by Crippen LogP contribution is -2.57. The van der Waals surface area contributed by atoms with E-state index in [1.165, 1.54) is 20.8 Å². The third kappa shape index (κ3) is 8.16. The lowest BCUT2D eigenvalue weighted by molar-refractivity contribution is -0.325. The van der Waals surface area contributed by atoms with E-state index in [1.807, 2.05) is 34.6 Å². The molecule has 0 aliphatic carbocycles. The van der Waals surface area contributed by atoms with Crippen LogP contribution in [0.15, 0.2) is 0 Å². The molecule has 0 radical (unpaired) electrons. The summed E-state index contributed by atoms with van der Waals surface area (Å²) in [5, 5.41) is 0. The highest BCUT2D eigenvalue weighted by molar-refractivity contribution is 5.66. The molecule has 0 amide bonds. The van der Waals surface area contributed by atoms with Gasteiger partial charge in [-0.15, -0.1) is 0 Å². The van der Waals surface area contributed by atoms with Gasteiger partial charge in [-0.3, -0.25) is 14.4 Å². The summed E-state index contributed by atoms with van der Waals surface area (Å²) >= 11 is 0. The van der Waals surface area contributed by atoms with Crippen molar-refractivity contribution in [2.24, 2.45) is 23.7 Å². The molecule has 2 aliphatic heterocycles. The molecule has 2 heterocycles. The molecule has 0 spiro atoms. The summed E-state index contributed by atoms with van der Waals surface area (Å²) in [5.41, 5.74) is 0. The molecule has 0 saturated carbocycles. The van der Waals surface area contributed by atoms with Crippen LogP contribution < -0.4 is 0 Å². The van der Waals surface area contributed by atoms with E-state index in [9.17, 15) is 14.4 Å². The molecule has 0 aromatic heterocycles. The highest BCUT2D eigenvalue weighted by Crippen LogP contribution is 2.38. The largest absolute Gasteiger partial charge is 0.463 e. The molecule has 0 N–H and O–H groups in total. The number of ether oxygens (including phenoxy) is 6. The summed E-state index contributed by atoms with van der Waals surface area (Å²) in [5.74, 6) is -1.74. The Bertz CT molecular complexity index is 732. The molecule has 11 heteroatoms. The molecule has 2 fully saturated rings. The second-order valence-corrected chi connectivity index (χ2v) is 8.86. The molecular formula is C23H36O11. The van der Waals surface area contributed by atoms with E-state index in [0.717, 1.165) is 0 Å². The second kappa shape index (κ2) is 13.5. The van der Waals surface area contributed by atoms with E-state index >= 15 is 0 Å². The zero-order chi connectivity index (χ0) is 26.2. The van der Waals surface area contributed by atoms with Crippen molar-refractivity contribution < 1.29 is 52.4 Å². The molecule has 10 atom stereocenters. The van der Waals surface area contributed by atoms with E-state index in [1.54, 1.807) is 0 Å². The van der Waals surface area contributed by atoms with Crippen molar-refractivity contribution >= 4 is 24.1 Å². The van der Waals surface area contributed by atoms with Crippen LogP contribution in [0.25, 0.3) is 0 Å². The van der Waals surface area contributed by atoms with Crippen molar-refractivity contribution in [3.8, 4) is 0 Å². The van der Waals surface area contributed by atoms with Crippen LogP contribution >= 0.6 is 0 Å². The highest BCUT2D eigenvalue weighted by Gasteiger charge is 2.49. The van der Waals surface area contributed by atoms with Crippen molar-refractivity contribution in [2.75, 3.05) is 6.61 Å². The van der Waals surface area contributed by atoms with Gasteiger partial charge in [0.25, 0.3) is 0 Å². The predicted molar refractivity (Wildman–Crippen MR) is 113 cm³/mol. The molecule has 0 bridgehead atoms. The van der Waals surface area contributed by atoms with Gasteiger partial charge in [-0.2, -0.15) is 9.59 Å². The van der Waals surface area contributed by atoms with Crippen molar-refractivity contribution in [1.82, 2.24) is 0 Å². The quantitative estimate of drug-likeness (QED) is 0.399. The predicted octanol–water partition coefficient (Wildman–Crippen LogP) is 1.86. The fraction of sp³-hybridized carbons (Fsp3) is 0.826. The van der Waals surface area contributed by atoms with Gasteiger partial charge in [-0.05, 0) is 12.8 Å². The van der Waals surface area contributed by atoms with Gasteiger partial charge in [0.2, 0.25) is 6.29 Å². The van der Waals surface area contributed by atoms with E-state index < -0.39 is 36.7 Å². The second-order valence-electron chi connectivity index (χ2n) is 8.86. The average molecular weight is 489 g/mol. The molecule has 34 heavy (non-hydrogen) atoms. The summed E-state index contributed by atoms with van der Waals surface area (Å²) in [6.07, 6.45) is -2.87. The molecule has 2 aliphatic rings. The molecular weight excluding hydrogens is 452 g/mol. The van der Waals surface area contributed by atoms with E-state index in [-0.39, 0.29) is 54.6 Å². The summed E-state index contributed by atoms with van der Waals surface area (Å²) in [6, 6.07) is 0. The Kier molecular flexibility index (Phi) is 11.8. The van der Waals surface area contributed by atoms with E-state index in [2.05, 4.69) is 0 Å². The Morgan fingerprint density at radius 3 is 1.76 bits per heavy atom. The first kappa shape index (κ1) is 29.7. The summed E-state index contributed by atoms with van der Waals surface area (Å²) in [4.78, 5) is 50.7. The maximum absolute atomic E-state index is 11.6. The number of hydrogen-bond donors (Lipinski definition) is 0. The minimum absolute atomic E-state index is 0.00268. The van der Waals surface area contributed by atoms with Gasteiger partial charge < -0.3 is 28.4 Å². The minimum Gasteiger partial charge on any atom is -0.463 e.